The fraction of sp³-hybridized carbons (Fsp3) is 0.520. The van der Waals surface area contributed by atoms with Gasteiger partial charge in [-0.2, -0.15) is 0 Å². The van der Waals surface area contributed by atoms with Crippen LogP contribution in [0.2, 0.25) is 0 Å². The van der Waals surface area contributed by atoms with Crippen molar-refractivity contribution in [3.63, 3.8) is 0 Å². The molecular formula is C25H32N2O12. The molecule has 1 saturated heterocycles. The molecule has 14 nitrogen and oxygen atoms in total. The highest BCUT2D eigenvalue weighted by Crippen LogP contribution is 2.28. The van der Waals surface area contributed by atoms with Gasteiger partial charge in [0, 0.05) is 27.7 Å². The van der Waals surface area contributed by atoms with Crippen molar-refractivity contribution in [1.82, 2.24) is 10.6 Å². The standard InChI is InChI=1S/C25H32N2O12/c1-13(26-25(33)35-11-18-9-7-6-8-10-18)23(32)27-20-22(37-16(4)30)21(36-15(3)29)19(12-34-14(2)28)39-24(20)38-17(5)31/h6-10,13,19-22,24H,11-12H2,1-5H3,(H,26,33)(H,27,32). The Morgan fingerprint density at radius 1 is 0.821 bits per heavy atom. The number of esters is 4. The Morgan fingerprint density at radius 2 is 1.41 bits per heavy atom. The minimum atomic E-state index is -1.56. The maximum atomic E-state index is 13.0. The first-order valence-corrected chi connectivity index (χ1v) is 12.0. The molecule has 0 aliphatic carbocycles. The smallest absolute Gasteiger partial charge is 0.408 e. The van der Waals surface area contributed by atoms with Crippen molar-refractivity contribution in [2.24, 2.45) is 0 Å². The van der Waals surface area contributed by atoms with E-state index in [2.05, 4.69) is 10.6 Å². The van der Waals surface area contributed by atoms with Crippen LogP contribution in [0.25, 0.3) is 0 Å². The molecule has 0 spiro atoms. The molecule has 1 fully saturated rings. The first-order chi connectivity index (χ1) is 18.4. The van der Waals surface area contributed by atoms with Gasteiger partial charge in [0.15, 0.2) is 12.2 Å². The van der Waals surface area contributed by atoms with Crippen LogP contribution in [0.15, 0.2) is 30.3 Å². The SMILES string of the molecule is CC(=O)OCC1OC(OC(C)=O)C(NC(=O)C(C)NC(=O)OCc2ccccc2)C(OC(C)=O)C1OC(C)=O. The highest BCUT2D eigenvalue weighted by atomic mass is 16.7. The van der Waals surface area contributed by atoms with E-state index in [1.54, 1.807) is 24.3 Å². The summed E-state index contributed by atoms with van der Waals surface area (Å²) in [7, 11) is 0. The molecule has 2 N–H and O–H groups in total. The molecule has 39 heavy (non-hydrogen) atoms. The zero-order valence-corrected chi connectivity index (χ0v) is 22.2. The average Bonchev–Trinajstić information content (AvgIpc) is 2.84. The van der Waals surface area contributed by atoms with Gasteiger partial charge >= 0.3 is 30.0 Å². The fourth-order valence-electron chi connectivity index (χ4n) is 3.62. The Balaban J connectivity index is 2.23. The lowest BCUT2D eigenvalue weighted by Gasteiger charge is -2.44. The van der Waals surface area contributed by atoms with Crippen LogP contribution in [0.5, 0.6) is 0 Å². The summed E-state index contributed by atoms with van der Waals surface area (Å²) in [4.78, 5) is 72.2. The molecule has 1 heterocycles. The summed E-state index contributed by atoms with van der Waals surface area (Å²) in [5.74, 6) is -3.89. The van der Waals surface area contributed by atoms with Gasteiger partial charge in [-0.05, 0) is 12.5 Å². The van der Waals surface area contributed by atoms with Crippen molar-refractivity contribution >= 4 is 35.9 Å². The molecular weight excluding hydrogens is 520 g/mol. The fourth-order valence-corrected chi connectivity index (χ4v) is 3.62. The molecule has 1 aromatic rings. The third-order valence-electron chi connectivity index (χ3n) is 5.23. The van der Waals surface area contributed by atoms with Gasteiger partial charge in [0.05, 0.1) is 0 Å². The first kappa shape index (κ1) is 31.0. The molecule has 1 aromatic carbocycles. The lowest BCUT2D eigenvalue weighted by molar-refractivity contribution is -0.271. The normalized spacial score (nSPS) is 22.8. The van der Waals surface area contributed by atoms with E-state index in [0.29, 0.717) is 0 Å². The molecule has 14 heteroatoms. The van der Waals surface area contributed by atoms with Crippen LogP contribution in [0.3, 0.4) is 0 Å². The summed E-state index contributed by atoms with van der Waals surface area (Å²) in [5.41, 5.74) is 0.734. The molecule has 214 valence electrons. The summed E-state index contributed by atoms with van der Waals surface area (Å²) in [6, 6.07) is 6.30. The Kier molecular flexibility index (Phi) is 11.7. The topological polar surface area (TPSA) is 182 Å². The summed E-state index contributed by atoms with van der Waals surface area (Å²) >= 11 is 0. The molecule has 2 amide bonds. The van der Waals surface area contributed by atoms with Gasteiger partial charge in [0.2, 0.25) is 12.2 Å². The van der Waals surface area contributed by atoms with E-state index in [4.69, 9.17) is 28.4 Å². The van der Waals surface area contributed by atoms with Crippen LogP contribution >= 0.6 is 0 Å². The predicted molar refractivity (Wildman–Crippen MR) is 129 cm³/mol. The number of rotatable bonds is 10. The lowest BCUT2D eigenvalue weighted by atomic mass is 9.95. The Bertz CT molecular complexity index is 1050. The van der Waals surface area contributed by atoms with Gasteiger partial charge in [0.1, 0.15) is 31.4 Å². The van der Waals surface area contributed by atoms with Crippen molar-refractivity contribution < 1.29 is 57.2 Å². The van der Waals surface area contributed by atoms with Gasteiger partial charge in [-0.1, -0.05) is 30.3 Å². The van der Waals surface area contributed by atoms with Crippen LogP contribution in [-0.2, 0) is 59.0 Å². The minimum absolute atomic E-state index is 0.0334. The average molecular weight is 553 g/mol. The second-order valence-electron chi connectivity index (χ2n) is 8.57. The largest absolute Gasteiger partial charge is 0.463 e. The zero-order chi connectivity index (χ0) is 29.1. The van der Waals surface area contributed by atoms with Crippen LogP contribution in [0.1, 0.15) is 40.2 Å². The van der Waals surface area contributed by atoms with Gasteiger partial charge in [-0.25, -0.2) is 4.79 Å². The molecule has 6 unspecified atom stereocenters. The quantitative estimate of drug-likeness (QED) is 0.303. The first-order valence-electron chi connectivity index (χ1n) is 12.0. The van der Waals surface area contributed by atoms with E-state index in [1.165, 1.54) is 6.92 Å². The highest BCUT2D eigenvalue weighted by Gasteiger charge is 2.52. The number of carbonyl (C=O) groups is 6. The van der Waals surface area contributed by atoms with Crippen LogP contribution in [0, 0.1) is 0 Å². The molecule has 0 radical (unpaired) electrons. The Morgan fingerprint density at radius 3 is 1.97 bits per heavy atom. The van der Waals surface area contributed by atoms with Crippen LogP contribution in [0.4, 0.5) is 4.79 Å². The Labute approximate surface area is 224 Å². The van der Waals surface area contributed by atoms with Crippen molar-refractivity contribution in [2.75, 3.05) is 6.61 Å². The monoisotopic (exact) mass is 552 g/mol. The number of alkyl carbamates (subject to hydrolysis) is 1. The third kappa shape index (κ3) is 10.2. The van der Waals surface area contributed by atoms with Gasteiger partial charge in [0.25, 0.3) is 0 Å². The maximum Gasteiger partial charge on any atom is 0.408 e. The predicted octanol–water partition coefficient (Wildman–Crippen LogP) is 0.501. The maximum absolute atomic E-state index is 13.0. The summed E-state index contributed by atoms with van der Waals surface area (Å²) in [5, 5.41) is 4.87. The highest BCUT2D eigenvalue weighted by molar-refractivity contribution is 5.85. The van der Waals surface area contributed by atoms with E-state index in [1.807, 2.05) is 6.07 Å². The second-order valence-corrected chi connectivity index (χ2v) is 8.57. The van der Waals surface area contributed by atoms with E-state index in [-0.39, 0.29) is 6.61 Å². The number of hydrogen-bond acceptors (Lipinski definition) is 12. The van der Waals surface area contributed by atoms with E-state index in [0.717, 1.165) is 33.3 Å². The Hall–Kier alpha value is -4.20. The number of hydrogen-bond donors (Lipinski definition) is 2. The van der Waals surface area contributed by atoms with Gasteiger partial charge in [-0.3, -0.25) is 24.0 Å². The van der Waals surface area contributed by atoms with Crippen LogP contribution < -0.4 is 10.6 Å². The van der Waals surface area contributed by atoms with Crippen molar-refractivity contribution in [3.8, 4) is 0 Å². The third-order valence-corrected chi connectivity index (χ3v) is 5.23. The second kappa shape index (κ2) is 14.7. The van der Waals surface area contributed by atoms with E-state index >= 15 is 0 Å². The van der Waals surface area contributed by atoms with E-state index < -0.39 is 79.2 Å². The number of carbonyl (C=O) groups excluding carboxylic acids is 6. The van der Waals surface area contributed by atoms with Gasteiger partial charge < -0.3 is 39.1 Å². The van der Waals surface area contributed by atoms with Crippen molar-refractivity contribution in [1.29, 1.82) is 0 Å². The van der Waals surface area contributed by atoms with Gasteiger partial charge in [-0.15, -0.1) is 0 Å². The molecule has 0 saturated carbocycles. The van der Waals surface area contributed by atoms with Crippen molar-refractivity contribution in [3.05, 3.63) is 35.9 Å². The van der Waals surface area contributed by atoms with Crippen LogP contribution in [-0.4, -0.2) is 79.2 Å². The number of amides is 2. The van der Waals surface area contributed by atoms with E-state index in [9.17, 15) is 28.8 Å². The molecule has 1 aliphatic rings. The molecule has 0 bridgehead atoms. The molecule has 2 rings (SSSR count). The molecule has 6 atom stereocenters. The number of nitrogens with one attached hydrogen (secondary N) is 2. The minimum Gasteiger partial charge on any atom is -0.463 e. The summed E-state index contributed by atoms with van der Waals surface area (Å²) in [6.45, 7) is 5.26. The van der Waals surface area contributed by atoms with Crippen molar-refractivity contribution in [2.45, 2.75) is 77.9 Å². The lowest BCUT2D eigenvalue weighted by Crippen LogP contribution is -2.68. The summed E-state index contributed by atoms with van der Waals surface area (Å²) in [6.07, 6.45) is -6.48. The molecule has 0 aromatic heterocycles. The number of ether oxygens (including phenoxy) is 6. The number of benzene rings is 1. The summed E-state index contributed by atoms with van der Waals surface area (Å²) < 4.78 is 31.7. The molecule has 1 aliphatic heterocycles. The zero-order valence-electron chi connectivity index (χ0n) is 22.2.